The number of rotatable bonds is 3. The van der Waals surface area contributed by atoms with Crippen molar-refractivity contribution in [3.05, 3.63) is 64.4 Å². The normalized spacial score (nSPS) is 10.8. The molecule has 0 bridgehead atoms. The van der Waals surface area contributed by atoms with Crippen molar-refractivity contribution >= 4 is 23.8 Å². The van der Waals surface area contributed by atoms with Crippen molar-refractivity contribution in [1.82, 2.24) is 0 Å². The highest BCUT2D eigenvalue weighted by Crippen LogP contribution is 2.18. The summed E-state index contributed by atoms with van der Waals surface area (Å²) in [5.74, 6) is 0.401. The van der Waals surface area contributed by atoms with Crippen LogP contribution in [-0.2, 0) is 0 Å². The molecule has 0 amide bonds. The molecule has 0 aliphatic heterocycles. The summed E-state index contributed by atoms with van der Waals surface area (Å²) >= 11 is 5.62. The summed E-state index contributed by atoms with van der Waals surface area (Å²) in [4.78, 5) is 0. The fraction of sp³-hybridized carbons (Fsp3) is 0.0667. The van der Waals surface area contributed by atoms with E-state index in [0.29, 0.717) is 0 Å². The van der Waals surface area contributed by atoms with Gasteiger partial charge in [0.05, 0.1) is 12.1 Å². The summed E-state index contributed by atoms with van der Waals surface area (Å²) in [5, 5.41) is 0.136. The number of hydrogen-bond acceptors (Lipinski definition) is 1. The average molecular weight is 263 g/mol. The summed E-state index contributed by atoms with van der Waals surface area (Å²) in [7, 11) is 1.63. The third-order valence-electron chi connectivity index (χ3n) is 2.53. The minimum Gasteiger partial charge on any atom is -0.497 e. The van der Waals surface area contributed by atoms with Gasteiger partial charge in [-0.25, -0.2) is 4.39 Å². The molecule has 0 aliphatic carbocycles. The second-order valence-corrected chi connectivity index (χ2v) is 4.19. The van der Waals surface area contributed by atoms with Crippen molar-refractivity contribution in [1.29, 1.82) is 0 Å². The predicted octanol–water partition coefficient (Wildman–Crippen LogP) is 4.66. The van der Waals surface area contributed by atoms with Gasteiger partial charge in [-0.15, -0.1) is 0 Å². The van der Waals surface area contributed by atoms with Gasteiger partial charge in [-0.05, 0) is 35.4 Å². The van der Waals surface area contributed by atoms with Crippen LogP contribution in [0.3, 0.4) is 0 Å². The van der Waals surface area contributed by atoms with Gasteiger partial charge < -0.3 is 4.74 Å². The van der Waals surface area contributed by atoms with E-state index in [1.165, 1.54) is 6.07 Å². The largest absolute Gasteiger partial charge is 0.497 e. The van der Waals surface area contributed by atoms with Crippen molar-refractivity contribution in [2.24, 2.45) is 0 Å². The number of ether oxygens (including phenoxy) is 1. The SMILES string of the molecule is COc1ccc(C=Cc2ccc(Cl)c(F)c2)cc1. The van der Waals surface area contributed by atoms with E-state index in [0.717, 1.165) is 16.9 Å². The van der Waals surface area contributed by atoms with Crippen molar-refractivity contribution < 1.29 is 9.13 Å². The lowest BCUT2D eigenvalue weighted by atomic mass is 10.1. The molecule has 0 radical (unpaired) electrons. The number of halogens is 2. The minimum absolute atomic E-state index is 0.136. The van der Waals surface area contributed by atoms with Gasteiger partial charge in [0.2, 0.25) is 0 Å². The first-order valence-electron chi connectivity index (χ1n) is 5.46. The zero-order chi connectivity index (χ0) is 13.0. The molecule has 2 rings (SSSR count). The Hall–Kier alpha value is -1.80. The summed E-state index contributed by atoms with van der Waals surface area (Å²) < 4.78 is 18.3. The van der Waals surface area contributed by atoms with E-state index in [4.69, 9.17) is 16.3 Å². The average Bonchev–Trinajstić information content (AvgIpc) is 2.41. The van der Waals surface area contributed by atoms with Gasteiger partial charge in [0, 0.05) is 0 Å². The highest BCUT2D eigenvalue weighted by atomic mass is 35.5. The molecule has 0 aromatic heterocycles. The van der Waals surface area contributed by atoms with E-state index in [1.807, 2.05) is 36.4 Å². The van der Waals surface area contributed by atoms with Gasteiger partial charge in [0.1, 0.15) is 11.6 Å². The van der Waals surface area contributed by atoms with Crippen LogP contribution in [0.4, 0.5) is 4.39 Å². The van der Waals surface area contributed by atoms with E-state index in [9.17, 15) is 4.39 Å². The van der Waals surface area contributed by atoms with Crippen LogP contribution >= 0.6 is 11.6 Å². The second-order valence-electron chi connectivity index (χ2n) is 3.78. The first-order valence-corrected chi connectivity index (χ1v) is 5.84. The Bertz CT molecular complexity index is 561. The fourth-order valence-corrected chi connectivity index (χ4v) is 1.64. The van der Waals surface area contributed by atoms with Crippen LogP contribution in [0.5, 0.6) is 5.75 Å². The number of methoxy groups -OCH3 is 1. The van der Waals surface area contributed by atoms with Crippen molar-refractivity contribution in [3.63, 3.8) is 0 Å². The first kappa shape index (κ1) is 12.7. The Morgan fingerprint density at radius 2 is 1.61 bits per heavy atom. The summed E-state index contributed by atoms with van der Waals surface area (Å²) in [6, 6.07) is 12.3. The van der Waals surface area contributed by atoms with Gasteiger partial charge in [0.15, 0.2) is 0 Å². The third kappa shape index (κ3) is 3.11. The Morgan fingerprint density at radius 1 is 1.00 bits per heavy atom. The zero-order valence-corrected chi connectivity index (χ0v) is 10.6. The molecule has 0 heterocycles. The first-order chi connectivity index (χ1) is 8.69. The fourth-order valence-electron chi connectivity index (χ4n) is 1.52. The maximum Gasteiger partial charge on any atom is 0.142 e. The standard InChI is InChI=1S/C15H12ClFO/c1-18-13-7-4-11(5-8-13)2-3-12-6-9-14(16)15(17)10-12/h2-10H,1H3. The van der Waals surface area contributed by atoms with Crippen LogP contribution in [0.1, 0.15) is 11.1 Å². The van der Waals surface area contributed by atoms with Crippen LogP contribution in [0.25, 0.3) is 12.2 Å². The summed E-state index contributed by atoms with van der Waals surface area (Å²) in [6.07, 6.45) is 3.74. The molecule has 92 valence electrons. The topological polar surface area (TPSA) is 9.23 Å². The second kappa shape index (κ2) is 5.69. The highest BCUT2D eigenvalue weighted by Gasteiger charge is 1.98. The zero-order valence-electron chi connectivity index (χ0n) is 9.86. The smallest absolute Gasteiger partial charge is 0.142 e. The molecule has 2 aromatic carbocycles. The van der Waals surface area contributed by atoms with Gasteiger partial charge in [0.25, 0.3) is 0 Å². The molecule has 0 saturated heterocycles. The molecule has 0 spiro atoms. The molecule has 2 aromatic rings. The Morgan fingerprint density at radius 3 is 2.22 bits per heavy atom. The van der Waals surface area contributed by atoms with Crippen LogP contribution < -0.4 is 4.74 Å². The van der Waals surface area contributed by atoms with Crippen molar-refractivity contribution in [3.8, 4) is 5.75 Å². The number of benzene rings is 2. The lowest BCUT2D eigenvalue weighted by Gasteiger charge is -1.99. The maximum absolute atomic E-state index is 13.2. The molecular formula is C15H12ClFO. The number of hydrogen-bond donors (Lipinski definition) is 0. The Balaban J connectivity index is 2.16. The van der Waals surface area contributed by atoms with Crippen LogP contribution in [0.2, 0.25) is 5.02 Å². The molecule has 0 fully saturated rings. The van der Waals surface area contributed by atoms with E-state index >= 15 is 0 Å². The van der Waals surface area contributed by atoms with Crippen LogP contribution in [0, 0.1) is 5.82 Å². The Kier molecular flexibility index (Phi) is 4.00. The molecule has 1 nitrogen and oxygen atoms in total. The van der Waals surface area contributed by atoms with Crippen LogP contribution in [-0.4, -0.2) is 7.11 Å². The molecule has 0 N–H and O–H groups in total. The molecule has 18 heavy (non-hydrogen) atoms. The monoisotopic (exact) mass is 262 g/mol. The lowest BCUT2D eigenvalue weighted by molar-refractivity contribution is 0.415. The van der Waals surface area contributed by atoms with E-state index < -0.39 is 5.82 Å². The Labute approximate surface area is 110 Å². The molecular weight excluding hydrogens is 251 g/mol. The third-order valence-corrected chi connectivity index (χ3v) is 2.83. The summed E-state index contributed by atoms with van der Waals surface area (Å²) in [6.45, 7) is 0. The molecule has 0 unspecified atom stereocenters. The quantitative estimate of drug-likeness (QED) is 0.731. The maximum atomic E-state index is 13.2. The molecule has 3 heteroatoms. The summed E-state index contributed by atoms with van der Waals surface area (Å²) in [5.41, 5.74) is 1.79. The molecule has 0 aliphatic rings. The van der Waals surface area contributed by atoms with E-state index in [2.05, 4.69) is 0 Å². The van der Waals surface area contributed by atoms with E-state index in [-0.39, 0.29) is 5.02 Å². The van der Waals surface area contributed by atoms with Crippen molar-refractivity contribution in [2.45, 2.75) is 0 Å². The molecule has 0 atom stereocenters. The van der Waals surface area contributed by atoms with Gasteiger partial charge >= 0.3 is 0 Å². The van der Waals surface area contributed by atoms with E-state index in [1.54, 1.807) is 19.2 Å². The highest BCUT2D eigenvalue weighted by molar-refractivity contribution is 6.30. The van der Waals surface area contributed by atoms with Gasteiger partial charge in [-0.2, -0.15) is 0 Å². The predicted molar refractivity (Wildman–Crippen MR) is 73.3 cm³/mol. The molecule has 0 saturated carbocycles. The van der Waals surface area contributed by atoms with Gasteiger partial charge in [-0.1, -0.05) is 42.0 Å². The van der Waals surface area contributed by atoms with Crippen LogP contribution in [0.15, 0.2) is 42.5 Å². The lowest BCUT2D eigenvalue weighted by Crippen LogP contribution is -1.81. The van der Waals surface area contributed by atoms with Gasteiger partial charge in [-0.3, -0.25) is 0 Å². The minimum atomic E-state index is -0.409. The van der Waals surface area contributed by atoms with Crippen molar-refractivity contribution in [2.75, 3.05) is 7.11 Å².